The number of nitrogens with one attached hydrogen (secondary N) is 1. The Kier molecular flexibility index (Phi) is 11.4. The SMILES string of the molecule is COc1cc(Nc2nccc(N(CCc3ccccn3)C(=O)Oc3c(C)cccc3C)n2)ccc1OCCCN1CCN(C)CC1. The fourth-order valence-corrected chi connectivity index (χ4v) is 5.27. The number of nitrogens with zero attached hydrogens (tertiary/aromatic N) is 6. The lowest BCUT2D eigenvalue weighted by Gasteiger charge is -2.32. The number of likely N-dealkylation sites (N-methyl/N-ethyl adjacent to an activating group) is 1. The number of carbonyl (C=O) groups is 1. The van der Waals surface area contributed by atoms with Crippen molar-refractivity contribution < 1.29 is 19.0 Å². The Morgan fingerprint density at radius 2 is 1.74 bits per heavy atom. The molecule has 1 N–H and O–H groups in total. The molecule has 3 heterocycles. The van der Waals surface area contributed by atoms with Gasteiger partial charge in [0.05, 0.1) is 13.7 Å². The maximum Gasteiger partial charge on any atom is 0.420 e. The smallest absolute Gasteiger partial charge is 0.420 e. The van der Waals surface area contributed by atoms with Gasteiger partial charge in [0.1, 0.15) is 11.6 Å². The Balaban J connectivity index is 1.26. The number of aryl methyl sites for hydroxylation is 2. The molecule has 5 rings (SSSR count). The topological polar surface area (TPSA) is 105 Å². The number of para-hydroxylation sites is 1. The summed E-state index contributed by atoms with van der Waals surface area (Å²) < 4.78 is 17.6. The van der Waals surface area contributed by atoms with Crippen LogP contribution in [0.15, 0.2) is 73.1 Å². The Morgan fingerprint density at radius 1 is 0.935 bits per heavy atom. The summed E-state index contributed by atoms with van der Waals surface area (Å²) in [5.41, 5.74) is 3.32. The van der Waals surface area contributed by atoms with E-state index < -0.39 is 6.09 Å². The molecule has 242 valence electrons. The number of benzene rings is 2. The van der Waals surface area contributed by atoms with Crippen molar-refractivity contribution in [2.75, 3.05) is 70.2 Å². The summed E-state index contributed by atoms with van der Waals surface area (Å²) >= 11 is 0. The van der Waals surface area contributed by atoms with Crippen LogP contribution in [0.2, 0.25) is 0 Å². The minimum Gasteiger partial charge on any atom is -0.493 e. The summed E-state index contributed by atoms with van der Waals surface area (Å²) in [6.07, 6.45) is 4.27. The maximum absolute atomic E-state index is 13.6. The minimum absolute atomic E-state index is 0.311. The van der Waals surface area contributed by atoms with Gasteiger partial charge in [0, 0.05) is 75.5 Å². The largest absolute Gasteiger partial charge is 0.493 e. The number of hydrogen-bond donors (Lipinski definition) is 1. The van der Waals surface area contributed by atoms with Gasteiger partial charge in [-0.15, -0.1) is 0 Å². The van der Waals surface area contributed by atoms with Crippen LogP contribution in [0.25, 0.3) is 0 Å². The molecule has 0 atom stereocenters. The molecule has 2 aromatic carbocycles. The number of piperazine rings is 1. The fraction of sp³-hybridized carbons (Fsp3) is 0.371. The van der Waals surface area contributed by atoms with Gasteiger partial charge < -0.3 is 29.3 Å². The lowest BCUT2D eigenvalue weighted by Crippen LogP contribution is -2.44. The molecule has 0 bridgehead atoms. The number of hydrogen-bond acceptors (Lipinski definition) is 10. The van der Waals surface area contributed by atoms with Gasteiger partial charge in [-0.25, -0.2) is 9.78 Å². The molecular formula is C35H43N7O4. The van der Waals surface area contributed by atoms with E-state index in [4.69, 9.17) is 14.2 Å². The highest BCUT2D eigenvalue weighted by Gasteiger charge is 2.22. The predicted molar refractivity (Wildman–Crippen MR) is 180 cm³/mol. The zero-order chi connectivity index (χ0) is 32.3. The van der Waals surface area contributed by atoms with Crippen molar-refractivity contribution in [3.63, 3.8) is 0 Å². The second-order valence-corrected chi connectivity index (χ2v) is 11.4. The van der Waals surface area contributed by atoms with Crippen molar-refractivity contribution in [2.45, 2.75) is 26.7 Å². The van der Waals surface area contributed by atoms with Crippen LogP contribution >= 0.6 is 0 Å². The van der Waals surface area contributed by atoms with E-state index in [1.807, 2.05) is 68.4 Å². The van der Waals surface area contributed by atoms with Gasteiger partial charge in [0.2, 0.25) is 5.95 Å². The first-order chi connectivity index (χ1) is 22.4. The highest BCUT2D eigenvalue weighted by molar-refractivity contribution is 5.88. The van der Waals surface area contributed by atoms with Crippen molar-refractivity contribution in [1.29, 1.82) is 0 Å². The van der Waals surface area contributed by atoms with E-state index in [1.165, 1.54) is 4.90 Å². The van der Waals surface area contributed by atoms with Crippen LogP contribution in [0.1, 0.15) is 23.2 Å². The lowest BCUT2D eigenvalue weighted by atomic mass is 10.1. The molecule has 0 unspecified atom stereocenters. The minimum atomic E-state index is -0.534. The molecule has 1 aliphatic heterocycles. The van der Waals surface area contributed by atoms with Crippen LogP contribution in [0.3, 0.4) is 0 Å². The summed E-state index contributed by atoms with van der Waals surface area (Å²) in [5.74, 6) is 2.54. The van der Waals surface area contributed by atoms with Gasteiger partial charge in [0.25, 0.3) is 0 Å². The van der Waals surface area contributed by atoms with Gasteiger partial charge in [-0.05, 0) is 68.8 Å². The first kappa shape index (κ1) is 32.6. The van der Waals surface area contributed by atoms with E-state index in [0.29, 0.717) is 48.6 Å². The number of amides is 1. The van der Waals surface area contributed by atoms with E-state index in [9.17, 15) is 4.79 Å². The molecule has 1 amide bonds. The Morgan fingerprint density at radius 3 is 2.48 bits per heavy atom. The molecule has 2 aromatic heterocycles. The predicted octanol–water partition coefficient (Wildman–Crippen LogP) is 5.51. The number of ether oxygens (including phenoxy) is 3. The van der Waals surface area contributed by atoms with Crippen molar-refractivity contribution in [3.05, 3.63) is 89.9 Å². The average Bonchev–Trinajstić information content (AvgIpc) is 3.07. The number of pyridine rings is 1. The highest BCUT2D eigenvalue weighted by atomic mass is 16.6. The van der Waals surface area contributed by atoms with Crippen molar-refractivity contribution in [1.82, 2.24) is 24.8 Å². The molecule has 0 saturated carbocycles. The molecule has 4 aromatic rings. The third kappa shape index (κ3) is 8.92. The second kappa shape index (κ2) is 16.0. The standard InChI is InChI=1S/C35H43N7O4/c1-26-9-7-10-27(2)33(26)46-35(43)42(19-15-28-11-5-6-16-36-28)32-14-17-37-34(39-32)38-29-12-13-30(31(25-29)44-4)45-24-8-18-41-22-20-40(3)21-23-41/h5-7,9-14,16-17,25H,8,15,18-24H2,1-4H3,(H,37,38,39). The van der Waals surface area contributed by atoms with Gasteiger partial charge >= 0.3 is 6.09 Å². The number of anilines is 3. The fourth-order valence-electron chi connectivity index (χ4n) is 5.27. The summed E-state index contributed by atoms with van der Waals surface area (Å²) in [6.45, 7) is 10.2. The monoisotopic (exact) mass is 625 g/mol. The van der Waals surface area contributed by atoms with Gasteiger partial charge in [-0.2, -0.15) is 4.98 Å². The summed E-state index contributed by atoms with van der Waals surface area (Å²) in [7, 11) is 3.78. The van der Waals surface area contributed by atoms with Crippen LogP contribution in [-0.2, 0) is 6.42 Å². The van der Waals surface area contributed by atoms with Crippen molar-refractivity contribution in [2.24, 2.45) is 0 Å². The first-order valence-corrected chi connectivity index (χ1v) is 15.7. The van der Waals surface area contributed by atoms with E-state index in [1.54, 1.807) is 25.6 Å². The van der Waals surface area contributed by atoms with Gasteiger partial charge in [-0.1, -0.05) is 24.3 Å². The molecule has 1 aliphatic rings. The number of methoxy groups -OCH3 is 1. The van der Waals surface area contributed by atoms with Crippen LogP contribution in [0.5, 0.6) is 17.2 Å². The molecule has 1 saturated heterocycles. The van der Waals surface area contributed by atoms with E-state index in [0.717, 1.165) is 61.7 Å². The molecule has 11 nitrogen and oxygen atoms in total. The van der Waals surface area contributed by atoms with Gasteiger partial charge in [-0.3, -0.25) is 9.88 Å². The van der Waals surface area contributed by atoms with Gasteiger partial charge in [0.15, 0.2) is 11.5 Å². The van der Waals surface area contributed by atoms with Crippen molar-refractivity contribution in [3.8, 4) is 17.2 Å². The second-order valence-electron chi connectivity index (χ2n) is 11.4. The summed E-state index contributed by atoms with van der Waals surface area (Å²) in [4.78, 5) is 33.4. The molecule has 1 fully saturated rings. The summed E-state index contributed by atoms with van der Waals surface area (Å²) in [6, 6.07) is 18.8. The van der Waals surface area contributed by atoms with Crippen LogP contribution in [-0.4, -0.2) is 90.9 Å². The zero-order valence-corrected chi connectivity index (χ0v) is 27.1. The van der Waals surface area contributed by atoms with Crippen LogP contribution < -0.4 is 24.4 Å². The molecule has 0 aliphatic carbocycles. The molecule has 46 heavy (non-hydrogen) atoms. The van der Waals surface area contributed by atoms with E-state index >= 15 is 0 Å². The lowest BCUT2D eigenvalue weighted by molar-refractivity contribution is 0.145. The molecular weight excluding hydrogens is 582 g/mol. The normalized spacial score (nSPS) is 13.7. The first-order valence-electron chi connectivity index (χ1n) is 15.7. The number of rotatable bonds is 13. The molecule has 0 radical (unpaired) electrons. The maximum atomic E-state index is 13.6. The summed E-state index contributed by atoms with van der Waals surface area (Å²) in [5, 5.41) is 3.24. The Hall–Kier alpha value is -4.74. The third-order valence-electron chi connectivity index (χ3n) is 7.95. The molecule has 0 spiro atoms. The zero-order valence-electron chi connectivity index (χ0n) is 27.1. The van der Waals surface area contributed by atoms with Crippen LogP contribution in [0.4, 0.5) is 22.2 Å². The van der Waals surface area contributed by atoms with Crippen molar-refractivity contribution >= 4 is 23.5 Å². The van der Waals surface area contributed by atoms with Crippen LogP contribution in [0, 0.1) is 13.8 Å². The highest BCUT2D eigenvalue weighted by Crippen LogP contribution is 2.31. The molecule has 11 heteroatoms. The average molecular weight is 626 g/mol. The Labute approximate surface area is 271 Å². The number of aromatic nitrogens is 3. The van der Waals surface area contributed by atoms with E-state index in [-0.39, 0.29) is 0 Å². The van der Waals surface area contributed by atoms with E-state index in [2.05, 4.69) is 37.1 Å². The Bertz CT molecular complexity index is 1560. The number of carbonyl (C=O) groups excluding carboxylic acids is 1. The third-order valence-corrected chi connectivity index (χ3v) is 7.95. The quantitative estimate of drug-likeness (QED) is 0.191.